The van der Waals surface area contributed by atoms with Crippen LogP contribution in [0.2, 0.25) is 0 Å². The summed E-state index contributed by atoms with van der Waals surface area (Å²) in [7, 11) is 0. The fourth-order valence-corrected chi connectivity index (χ4v) is 2.34. The molecule has 0 heterocycles. The van der Waals surface area contributed by atoms with Crippen molar-refractivity contribution in [3.8, 4) is 0 Å². The largest absolute Gasteiger partial charge is 0.285 e. The first kappa shape index (κ1) is 11.7. The zero-order chi connectivity index (χ0) is 13.1. The van der Waals surface area contributed by atoms with Crippen LogP contribution in [-0.4, -0.2) is 6.29 Å². The van der Waals surface area contributed by atoms with Gasteiger partial charge in [-0.1, -0.05) is 60.7 Å². The summed E-state index contributed by atoms with van der Waals surface area (Å²) < 4.78 is 0. The molecule has 0 aromatic heterocycles. The predicted molar refractivity (Wildman–Crippen MR) is 78.0 cm³/mol. The van der Waals surface area contributed by atoms with Crippen molar-refractivity contribution in [3.05, 3.63) is 83.4 Å². The summed E-state index contributed by atoms with van der Waals surface area (Å²) in [4.78, 5) is 11.1. The second-order valence-corrected chi connectivity index (χ2v) is 4.62. The van der Waals surface area contributed by atoms with Gasteiger partial charge in [-0.2, -0.15) is 0 Å². The number of fused-ring (bicyclic) bond motifs is 1. The molecular weight excluding hydrogens is 232 g/mol. The topological polar surface area (TPSA) is 17.1 Å². The van der Waals surface area contributed by atoms with Crippen LogP contribution in [0, 0.1) is 0 Å². The van der Waals surface area contributed by atoms with Crippen LogP contribution in [0.25, 0.3) is 10.8 Å². The molecule has 19 heavy (non-hydrogen) atoms. The van der Waals surface area contributed by atoms with Gasteiger partial charge in [0.15, 0.2) is 0 Å². The molecule has 1 nitrogen and oxygen atoms in total. The Morgan fingerprint density at radius 2 is 1.42 bits per heavy atom. The molecule has 3 aromatic rings. The van der Waals surface area contributed by atoms with Gasteiger partial charge in [0.1, 0.15) is 0 Å². The van der Waals surface area contributed by atoms with Gasteiger partial charge in [-0.3, -0.25) is 4.79 Å². The molecule has 0 amide bonds. The van der Waals surface area contributed by atoms with Crippen molar-refractivity contribution >= 4 is 17.1 Å². The van der Waals surface area contributed by atoms with E-state index in [1.807, 2.05) is 42.5 Å². The molecule has 0 fully saturated rings. The molecule has 0 bridgehead atoms. The molecule has 0 atom stereocenters. The smallest absolute Gasteiger partial charge is 0.233 e. The minimum Gasteiger partial charge on any atom is -0.285 e. The lowest BCUT2D eigenvalue weighted by atomic mass is 9.96. The SMILES string of the molecule is O=[C]c1cc2ccccc2cc1Cc1ccccc1. The Morgan fingerprint density at radius 1 is 0.789 bits per heavy atom. The first-order valence-corrected chi connectivity index (χ1v) is 6.30. The first-order chi connectivity index (χ1) is 9.36. The van der Waals surface area contributed by atoms with Gasteiger partial charge in [0.2, 0.25) is 6.29 Å². The van der Waals surface area contributed by atoms with Crippen LogP contribution in [0.4, 0.5) is 0 Å². The third kappa shape index (κ3) is 2.41. The van der Waals surface area contributed by atoms with Crippen molar-refractivity contribution in [3.63, 3.8) is 0 Å². The fraction of sp³-hybridized carbons (Fsp3) is 0.0556. The third-order valence-corrected chi connectivity index (χ3v) is 3.32. The standard InChI is InChI=1S/C18H13O/c19-13-18-12-16-9-5-4-8-15(16)11-17(18)10-14-6-2-1-3-7-14/h1-9,11-12H,10H2. The van der Waals surface area contributed by atoms with Crippen LogP contribution in [-0.2, 0) is 11.2 Å². The minimum atomic E-state index is 0.655. The fourth-order valence-electron chi connectivity index (χ4n) is 2.34. The van der Waals surface area contributed by atoms with Gasteiger partial charge in [0.05, 0.1) is 0 Å². The van der Waals surface area contributed by atoms with Crippen LogP contribution < -0.4 is 0 Å². The van der Waals surface area contributed by atoms with E-state index in [0.29, 0.717) is 5.56 Å². The molecule has 0 aliphatic carbocycles. The number of hydrogen-bond donors (Lipinski definition) is 0. The maximum Gasteiger partial charge on any atom is 0.233 e. The predicted octanol–water partition coefficient (Wildman–Crippen LogP) is 3.89. The van der Waals surface area contributed by atoms with E-state index < -0.39 is 0 Å². The maximum atomic E-state index is 11.1. The Morgan fingerprint density at radius 3 is 2.11 bits per heavy atom. The van der Waals surface area contributed by atoms with Crippen molar-refractivity contribution in [2.24, 2.45) is 0 Å². The van der Waals surface area contributed by atoms with Crippen LogP contribution >= 0.6 is 0 Å². The van der Waals surface area contributed by atoms with Crippen molar-refractivity contribution < 1.29 is 4.79 Å². The maximum absolute atomic E-state index is 11.1. The number of benzene rings is 3. The van der Waals surface area contributed by atoms with Crippen LogP contribution in [0.3, 0.4) is 0 Å². The highest BCUT2D eigenvalue weighted by molar-refractivity contribution is 5.91. The van der Waals surface area contributed by atoms with E-state index in [2.05, 4.69) is 30.6 Å². The van der Waals surface area contributed by atoms with Gasteiger partial charge >= 0.3 is 0 Å². The average molecular weight is 245 g/mol. The van der Waals surface area contributed by atoms with Gasteiger partial charge in [-0.05, 0) is 34.4 Å². The van der Waals surface area contributed by atoms with E-state index in [-0.39, 0.29) is 0 Å². The lowest BCUT2D eigenvalue weighted by molar-refractivity contribution is 0.562. The van der Waals surface area contributed by atoms with E-state index in [9.17, 15) is 4.79 Å². The van der Waals surface area contributed by atoms with Gasteiger partial charge < -0.3 is 0 Å². The molecular formula is C18H13O. The van der Waals surface area contributed by atoms with Crippen LogP contribution in [0.5, 0.6) is 0 Å². The van der Waals surface area contributed by atoms with Crippen LogP contribution in [0.15, 0.2) is 66.7 Å². The molecule has 0 N–H and O–H groups in total. The second kappa shape index (κ2) is 5.07. The van der Waals surface area contributed by atoms with Crippen molar-refractivity contribution in [1.82, 2.24) is 0 Å². The molecule has 3 rings (SSSR count). The summed E-state index contributed by atoms with van der Waals surface area (Å²) in [5.74, 6) is 0. The summed E-state index contributed by atoms with van der Waals surface area (Å²) in [5.41, 5.74) is 2.89. The summed E-state index contributed by atoms with van der Waals surface area (Å²) in [6, 6.07) is 22.3. The Labute approximate surface area is 112 Å². The summed E-state index contributed by atoms with van der Waals surface area (Å²) in [6.07, 6.45) is 2.82. The highest BCUT2D eigenvalue weighted by atomic mass is 16.1. The van der Waals surface area contributed by atoms with E-state index in [4.69, 9.17) is 0 Å². The van der Waals surface area contributed by atoms with Crippen molar-refractivity contribution in [2.45, 2.75) is 6.42 Å². The highest BCUT2D eigenvalue weighted by Crippen LogP contribution is 2.21. The molecule has 3 aromatic carbocycles. The Hall–Kier alpha value is -2.41. The molecule has 0 saturated heterocycles. The monoisotopic (exact) mass is 245 g/mol. The van der Waals surface area contributed by atoms with Crippen molar-refractivity contribution in [2.75, 3.05) is 0 Å². The van der Waals surface area contributed by atoms with E-state index >= 15 is 0 Å². The zero-order valence-electron chi connectivity index (χ0n) is 10.5. The summed E-state index contributed by atoms with van der Waals surface area (Å²) >= 11 is 0. The molecule has 91 valence electrons. The third-order valence-electron chi connectivity index (χ3n) is 3.32. The molecule has 0 spiro atoms. The van der Waals surface area contributed by atoms with Gasteiger partial charge in [-0.25, -0.2) is 0 Å². The molecule has 0 aliphatic rings. The lowest BCUT2D eigenvalue weighted by Crippen LogP contribution is -1.95. The lowest BCUT2D eigenvalue weighted by Gasteiger charge is -2.07. The average Bonchev–Trinajstić information content (AvgIpc) is 2.47. The van der Waals surface area contributed by atoms with Gasteiger partial charge in [-0.15, -0.1) is 0 Å². The van der Waals surface area contributed by atoms with Crippen molar-refractivity contribution in [1.29, 1.82) is 0 Å². The molecule has 0 aliphatic heterocycles. The number of hydrogen-bond acceptors (Lipinski definition) is 1. The molecule has 0 saturated carbocycles. The summed E-state index contributed by atoms with van der Waals surface area (Å²) in [5, 5.41) is 2.24. The molecule has 0 unspecified atom stereocenters. The van der Waals surface area contributed by atoms with E-state index in [1.54, 1.807) is 0 Å². The number of carbonyl (C=O) groups excluding carboxylic acids is 1. The van der Waals surface area contributed by atoms with E-state index in [1.165, 1.54) is 5.56 Å². The quantitative estimate of drug-likeness (QED) is 0.684. The zero-order valence-corrected chi connectivity index (χ0v) is 10.5. The van der Waals surface area contributed by atoms with Crippen LogP contribution in [0.1, 0.15) is 16.7 Å². The first-order valence-electron chi connectivity index (χ1n) is 6.30. The second-order valence-electron chi connectivity index (χ2n) is 4.62. The number of rotatable bonds is 3. The minimum absolute atomic E-state index is 0.655. The molecule has 1 heteroatoms. The Balaban J connectivity index is 2.09. The highest BCUT2D eigenvalue weighted by Gasteiger charge is 2.06. The Kier molecular flexibility index (Phi) is 3.11. The molecule has 1 radical (unpaired) electrons. The van der Waals surface area contributed by atoms with E-state index in [0.717, 1.165) is 22.8 Å². The van der Waals surface area contributed by atoms with Gasteiger partial charge in [0.25, 0.3) is 0 Å². The summed E-state index contributed by atoms with van der Waals surface area (Å²) in [6.45, 7) is 0. The normalized spacial score (nSPS) is 10.5. The van der Waals surface area contributed by atoms with Gasteiger partial charge in [0, 0.05) is 5.56 Å². The Bertz CT molecular complexity index is 714.